The monoisotopic (exact) mass is 551 g/mol. The van der Waals surface area contributed by atoms with Crippen LogP contribution in [0.4, 0.5) is 8.78 Å². The number of hydrogen-bond donors (Lipinski definition) is 0. The Morgan fingerprint density at radius 3 is 2.41 bits per heavy atom. The summed E-state index contributed by atoms with van der Waals surface area (Å²) in [5.74, 6) is 0.171. The lowest BCUT2D eigenvalue weighted by atomic mass is 10.0. The van der Waals surface area contributed by atoms with Gasteiger partial charge in [-0.1, -0.05) is 66.7 Å². The van der Waals surface area contributed by atoms with E-state index in [2.05, 4.69) is 9.88 Å². The Balaban J connectivity index is 1.37. The number of ether oxygens (including phenoxy) is 1. The van der Waals surface area contributed by atoms with Crippen LogP contribution in [0.2, 0.25) is 0 Å². The van der Waals surface area contributed by atoms with E-state index in [1.807, 2.05) is 42.5 Å². The minimum Gasteiger partial charge on any atom is -0.434 e. The number of likely N-dealkylation sites (tertiary alicyclic amines) is 1. The highest BCUT2D eigenvalue weighted by molar-refractivity contribution is 7.89. The molecule has 5 rings (SSSR count). The SMILES string of the molecule is O=S(=O)(c1cccc2cccnc12)N(CCc1ccccc1)C1CCN(Cc2ccccc2OC(F)F)CC1. The van der Waals surface area contributed by atoms with Gasteiger partial charge in [-0.2, -0.15) is 13.1 Å². The molecular weight excluding hydrogens is 520 g/mol. The Labute approximate surface area is 227 Å². The topological polar surface area (TPSA) is 62.7 Å². The van der Waals surface area contributed by atoms with Crippen LogP contribution >= 0.6 is 0 Å². The van der Waals surface area contributed by atoms with Gasteiger partial charge in [-0.25, -0.2) is 8.42 Å². The van der Waals surface area contributed by atoms with Crippen molar-refractivity contribution in [2.24, 2.45) is 0 Å². The molecule has 6 nitrogen and oxygen atoms in total. The molecule has 9 heteroatoms. The quantitative estimate of drug-likeness (QED) is 0.252. The summed E-state index contributed by atoms with van der Waals surface area (Å²) in [6, 6.07) is 25.4. The summed E-state index contributed by atoms with van der Waals surface area (Å²) in [6.45, 7) is -0.799. The molecule has 0 spiro atoms. The van der Waals surface area contributed by atoms with Crippen molar-refractivity contribution in [3.8, 4) is 5.75 Å². The van der Waals surface area contributed by atoms with Crippen molar-refractivity contribution in [1.82, 2.24) is 14.2 Å². The number of hydrogen-bond acceptors (Lipinski definition) is 5. The second kappa shape index (κ2) is 12.2. The molecule has 0 saturated carbocycles. The molecule has 0 radical (unpaired) electrons. The average molecular weight is 552 g/mol. The smallest absolute Gasteiger partial charge is 0.387 e. The predicted molar refractivity (Wildman–Crippen MR) is 147 cm³/mol. The van der Waals surface area contributed by atoms with E-state index in [0.717, 1.165) is 10.9 Å². The van der Waals surface area contributed by atoms with Gasteiger partial charge in [0.1, 0.15) is 10.6 Å². The van der Waals surface area contributed by atoms with Crippen LogP contribution in [0, 0.1) is 0 Å². The van der Waals surface area contributed by atoms with Gasteiger partial charge in [-0.05, 0) is 43.0 Å². The lowest BCUT2D eigenvalue weighted by Crippen LogP contribution is -2.48. The molecule has 3 aromatic carbocycles. The lowest BCUT2D eigenvalue weighted by molar-refractivity contribution is -0.0508. The average Bonchev–Trinajstić information content (AvgIpc) is 2.95. The molecule has 0 bridgehead atoms. The summed E-state index contributed by atoms with van der Waals surface area (Å²) in [6.07, 6.45) is 3.47. The fraction of sp³-hybridized carbons (Fsp3) is 0.300. The van der Waals surface area contributed by atoms with Crippen LogP contribution in [-0.2, 0) is 23.0 Å². The van der Waals surface area contributed by atoms with Crippen LogP contribution in [0.1, 0.15) is 24.0 Å². The first-order valence-corrected chi connectivity index (χ1v) is 14.5. The number of para-hydroxylation sites is 2. The van der Waals surface area contributed by atoms with Crippen LogP contribution in [0.3, 0.4) is 0 Å². The highest BCUT2D eigenvalue weighted by Crippen LogP contribution is 2.30. The van der Waals surface area contributed by atoms with Crippen LogP contribution in [-0.4, -0.2) is 54.9 Å². The van der Waals surface area contributed by atoms with E-state index in [-0.39, 0.29) is 16.7 Å². The van der Waals surface area contributed by atoms with Crippen LogP contribution in [0.15, 0.2) is 96.0 Å². The number of pyridine rings is 1. The third kappa shape index (κ3) is 6.43. The summed E-state index contributed by atoms with van der Waals surface area (Å²) < 4.78 is 60.4. The molecule has 0 atom stereocenters. The highest BCUT2D eigenvalue weighted by atomic mass is 32.2. The molecule has 0 N–H and O–H groups in total. The van der Waals surface area contributed by atoms with Gasteiger partial charge in [0.2, 0.25) is 10.0 Å². The van der Waals surface area contributed by atoms with Crippen LogP contribution in [0.25, 0.3) is 10.9 Å². The van der Waals surface area contributed by atoms with Crippen LogP contribution in [0.5, 0.6) is 5.75 Å². The van der Waals surface area contributed by atoms with Crippen molar-refractivity contribution in [2.75, 3.05) is 19.6 Å². The fourth-order valence-corrected chi connectivity index (χ4v) is 7.10. The van der Waals surface area contributed by atoms with Gasteiger partial charge in [0.15, 0.2) is 0 Å². The Bertz CT molecular complexity index is 1490. The molecule has 1 fully saturated rings. The van der Waals surface area contributed by atoms with Gasteiger partial charge >= 0.3 is 6.61 Å². The zero-order chi connectivity index (χ0) is 27.2. The van der Waals surface area contributed by atoms with Crippen molar-refractivity contribution in [3.63, 3.8) is 0 Å². The Morgan fingerprint density at radius 2 is 1.64 bits per heavy atom. The van der Waals surface area contributed by atoms with Crippen molar-refractivity contribution < 1.29 is 21.9 Å². The zero-order valence-electron chi connectivity index (χ0n) is 21.5. The number of nitrogens with zero attached hydrogens (tertiary/aromatic N) is 3. The van der Waals surface area contributed by atoms with Gasteiger partial charge < -0.3 is 4.74 Å². The molecule has 1 aliphatic heterocycles. The molecule has 1 aromatic heterocycles. The fourth-order valence-electron chi connectivity index (χ4n) is 5.25. The zero-order valence-corrected chi connectivity index (χ0v) is 22.3. The van der Waals surface area contributed by atoms with Gasteiger partial charge in [-0.3, -0.25) is 9.88 Å². The molecule has 2 heterocycles. The summed E-state index contributed by atoms with van der Waals surface area (Å²) in [5, 5.41) is 0.779. The van der Waals surface area contributed by atoms with E-state index in [9.17, 15) is 17.2 Å². The van der Waals surface area contributed by atoms with Crippen molar-refractivity contribution >= 4 is 20.9 Å². The normalized spacial score (nSPS) is 15.3. The second-order valence-corrected chi connectivity index (χ2v) is 11.5. The third-order valence-corrected chi connectivity index (χ3v) is 9.18. The molecule has 0 unspecified atom stereocenters. The molecule has 0 aliphatic carbocycles. The van der Waals surface area contributed by atoms with E-state index in [0.29, 0.717) is 56.5 Å². The van der Waals surface area contributed by atoms with Gasteiger partial charge in [0.25, 0.3) is 0 Å². The predicted octanol–water partition coefficient (Wildman–Crippen LogP) is 5.73. The Hall–Kier alpha value is -3.40. The first-order valence-electron chi connectivity index (χ1n) is 13.1. The van der Waals surface area contributed by atoms with Gasteiger partial charge in [0, 0.05) is 49.4 Å². The molecule has 204 valence electrons. The van der Waals surface area contributed by atoms with Crippen molar-refractivity contribution in [1.29, 1.82) is 0 Å². The molecule has 39 heavy (non-hydrogen) atoms. The van der Waals surface area contributed by atoms with Crippen molar-refractivity contribution in [2.45, 2.75) is 43.4 Å². The Kier molecular flexibility index (Phi) is 8.50. The van der Waals surface area contributed by atoms with E-state index in [4.69, 9.17) is 4.74 Å². The van der Waals surface area contributed by atoms with E-state index < -0.39 is 16.6 Å². The first kappa shape index (κ1) is 27.2. The molecule has 1 aliphatic rings. The van der Waals surface area contributed by atoms with E-state index >= 15 is 0 Å². The number of piperidine rings is 1. The lowest BCUT2D eigenvalue weighted by Gasteiger charge is -2.38. The Morgan fingerprint density at radius 1 is 0.923 bits per heavy atom. The maximum absolute atomic E-state index is 14.2. The molecule has 4 aromatic rings. The summed E-state index contributed by atoms with van der Waals surface area (Å²) in [5.41, 5.74) is 2.23. The maximum atomic E-state index is 14.2. The number of alkyl halides is 2. The van der Waals surface area contributed by atoms with E-state index in [1.165, 1.54) is 0 Å². The number of aromatic nitrogens is 1. The standard InChI is InChI=1S/C30H31F2N3O3S/c31-30(32)38-27-13-5-4-10-25(27)22-34-19-16-26(17-20-34)35(21-15-23-8-2-1-3-9-23)39(36,37)28-14-6-11-24-12-7-18-33-29(24)28/h1-14,18,26,30H,15-17,19-22H2. The third-order valence-electron chi connectivity index (χ3n) is 7.19. The minimum absolute atomic E-state index is 0.171. The van der Waals surface area contributed by atoms with Crippen LogP contribution < -0.4 is 4.74 Å². The second-order valence-electron chi connectivity index (χ2n) is 9.68. The number of sulfonamides is 1. The first-order chi connectivity index (χ1) is 18.9. The summed E-state index contributed by atoms with van der Waals surface area (Å²) in [7, 11) is -3.85. The van der Waals surface area contributed by atoms with E-state index in [1.54, 1.807) is 53.0 Å². The largest absolute Gasteiger partial charge is 0.434 e. The molecule has 1 saturated heterocycles. The number of halogens is 2. The summed E-state index contributed by atoms with van der Waals surface area (Å²) in [4.78, 5) is 6.78. The highest BCUT2D eigenvalue weighted by Gasteiger charge is 2.35. The van der Waals surface area contributed by atoms with Gasteiger partial charge in [-0.15, -0.1) is 0 Å². The summed E-state index contributed by atoms with van der Waals surface area (Å²) >= 11 is 0. The van der Waals surface area contributed by atoms with Crippen molar-refractivity contribution in [3.05, 3.63) is 102 Å². The number of fused-ring (bicyclic) bond motifs is 1. The number of rotatable bonds is 10. The molecule has 0 amide bonds. The number of benzene rings is 3. The van der Waals surface area contributed by atoms with Gasteiger partial charge in [0.05, 0.1) is 5.52 Å². The minimum atomic E-state index is -3.85. The molecular formula is C30H31F2N3O3S. The maximum Gasteiger partial charge on any atom is 0.387 e.